The minimum atomic E-state index is -0.133. The van der Waals surface area contributed by atoms with E-state index in [0.29, 0.717) is 25.5 Å². The lowest BCUT2D eigenvalue weighted by Crippen LogP contribution is -2.40. The molecule has 1 saturated heterocycles. The van der Waals surface area contributed by atoms with Crippen LogP contribution in [0.3, 0.4) is 0 Å². The maximum absolute atomic E-state index is 11.4. The van der Waals surface area contributed by atoms with E-state index in [-0.39, 0.29) is 29.9 Å². The standard InChI is InChI=1S/C20H31N3O2S.HI/c1-3-21-20(22-13-8-11-19(24)25-4-2)23-14-12-17(15-23)16-26-18-9-6-5-7-10-18;/h5-7,9-10,17H,3-4,8,11-16H2,1-2H3,(H,21,22);1H. The van der Waals surface area contributed by atoms with Crippen LogP contribution in [0.25, 0.3) is 0 Å². The van der Waals surface area contributed by atoms with E-state index in [9.17, 15) is 4.79 Å². The molecular weight excluding hydrogens is 473 g/mol. The molecule has 1 aromatic rings. The summed E-state index contributed by atoms with van der Waals surface area (Å²) in [6.07, 6.45) is 2.37. The van der Waals surface area contributed by atoms with E-state index < -0.39 is 0 Å². The van der Waals surface area contributed by atoms with Gasteiger partial charge < -0.3 is 15.0 Å². The van der Waals surface area contributed by atoms with Crippen LogP contribution in [0.5, 0.6) is 0 Å². The highest BCUT2D eigenvalue weighted by molar-refractivity contribution is 14.0. The number of guanidine groups is 1. The number of nitrogens with one attached hydrogen (secondary N) is 1. The maximum atomic E-state index is 11.4. The quantitative estimate of drug-likeness (QED) is 0.137. The van der Waals surface area contributed by atoms with Gasteiger partial charge in [0.25, 0.3) is 0 Å². The molecule has 0 saturated carbocycles. The van der Waals surface area contributed by atoms with Gasteiger partial charge in [-0.25, -0.2) is 0 Å². The fourth-order valence-electron chi connectivity index (χ4n) is 2.96. The summed E-state index contributed by atoms with van der Waals surface area (Å²) in [6, 6.07) is 10.6. The molecule has 0 spiro atoms. The minimum Gasteiger partial charge on any atom is -0.466 e. The van der Waals surface area contributed by atoms with E-state index in [2.05, 4.69) is 47.5 Å². The SMILES string of the molecule is CCNC(=NCCCC(=O)OCC)N1CCC(CSc2ccccc2)C1.I. The molecule has 0 aromatic heterocycles. The molecule has 0 bridgehead atoms. The molecule has 1 aliphatic heterocycles. The summed E-state index contributed by atoms with van der Waals surface area (Å²) in [4.78, 5) is 19.8. The minimum absolute atomic E-state index is 0. The number of nitrogens with zero attached hydrogens (tertiary/aromatic N) is 2. The van der Waals surface area contributed by atoms with Crippen LogP contribution in [0.1, 0.15) is 33.1 Å². The summed E-state index contributed by atoms with van der Waals surface area (Å²) in [6.45, 7) is 7.97. The topological polar surface area (TPSA) is 53.9 Å². The number of esters is 1. The number of aliphatic imine (C=N–C) groups is 1. The zero-order valence-corrected chi connectivity index (χ0v) is 19.5. The highest BCUT2D eigenvalue weighted by Crippen LogP contribution is 2.25. The van der Waals surface area contributed by atoms with Gasteiger partial charge in [-0.15, -0.1) is 35.7 Å². The third kappa shape index (κ3) is 9.19. The summed E-state index contributed by atoms with van der Waals surface area (Å²) >= 11 is 1.94. The molecule has 1 aromatic carbocycles. The first-order valence-corrected chi connectivity index (χ1v) is 10.6. The number of likely N-dealkylation sites (tertiary alicyclic amines) is 1. The van der Waals surface area contributed by atoms with Gasteiger partial charge in [0.05, 0.1) is 6.61 Å². The number of ether oxygens (including phenoxy) is 1. The van der Waals surface area contributed by atoms with Gasteiger partial charge in [-0.2, -0.15) is 0 Å². The lowest BCUT2D eigenvalue weighted by Gasteiger charge is -2.21. The van der Waals surface area contributed by atoms with Crippen LogP contribution in [-0.2, 0) is 9.53 Å². The second-order valence-corrected chi connectivity index (χ2v) is 7.46. The molecule has 0 radical (unpaired) electrons. The number of thioether (sulfide) groups is 1. The van der Waals surface area contributed by atoms with Crippen molar-refractivity contribution in [2.24, 2.45) is 10.9 Å². The lowest BCUT2D eigenvalue weighted by molar-refractivity contribution is -0.143. The predicted molar refractivity (Wildman–Crippen MR) is 124 cm³/mol. The molecule has 152 valence electrons. The van der Waals surface area contributed by atoms with Crippen LogP contribution in [0, 0.1) is 5.92 Å². The van der Waals surface area contributed by atoms with Crippen molar-refractivity contribution in [2.75, 3.05) is 38.5 Å². The molecule has 1 heterocycles. The third-order valence-electron chi connectivity index (χ3n) is 4.26. The summed E-state index contributed by atoms with van der Waals surface area (Å²) < 4.78 is 4.96. The van der Waals surface area contributed by atoms with Crippen molar-refractivity contribution in [3.8, 4) is 0 Å². The average molecular weight is 505 g/mol. The normalized spacial score (nSPS) is 16.7. The second-order valence-electron chi connectivity index (χ2n) is 6.37. The van der Waals surface area contributed by atoms with Crippen molar-refractivity contribution < 1.29 is 9.53 Å². The van der Waals surface area contributed by atoms with Crippen LogP contribution in [0.4, 0.5) is 0 Å². The van der Waals surface area contributed by atoms with E-state index in [0.717, 1.165) is 37.8 Å². The first-order chi connectivity index (χ1) is 12.7. The van der Waals surface area contributed by atoms with Gasteiger partial charge in [0.1, 0.15) is 0 Å². The zero-order chi connectivity index (χ0) is 18.6. The summed E-state index contributed by atoms with van der Waals surface area (Å²) in [5.41, 5.74) is 0. The first kappa shape index (κ1) is 24.1. The Hall–Kier alpha value is -0.960. The fourth-order valence-corrected chi connectivity index (χ4v) is 4.01. The van der Waals surface area contributed by atoms with Gasteiger partial charge in [-0.3, -0.25) is 9.79 Å². The van der Waals surface area contributed by atoms with Gasteiger partial charge in [0.15, 0.2) is 5.96 Å². The van der Waals surface area contributed by atoms with Crippen LogP contribution in [0.15, 0.2) is 40.2 Å². The van der Waals surface area contributed by atoms with Gasteiger partial charge in [-0.05, 0) is 44.7 Å². The summed E-state index contributed by atoms with van der Waals surface area (Å²) in [7, 11) is 0. The number of carbonyl (C=O) groups is 1. The Morgan fingerprint density at radius 2 is 2.11 bits per heavy atom. The highest BCUT2D eigenvalue weighted by Gasteiger charge is 2.24. The van der Waals surface area contributed by atoms with E-state index in [4.69, 9.17) is 9.73 Å². The fraction of sp³-hybridized carbons (Fsp3) is 0.600. The maximum Gasteiger partial charge on any atom is 0.305 e. The number of carbonyl (C=O) groups excluding carboxylic acids is 1. The van der Waals surface area contributed by atoms with Gasteiger partial charge >= 0.3 is 5.97 Å². The molecule has 1 fully saturated rings. The van der Waals surface area contributed by atoms with Gasteiger partial charge in [0, 0.05) is 43.2 Å². The monoisotopic (exact) mass is 505 g/mol. The van der Waals surface area contributed by atoms with E-state index in [1.165, 1.54) is 11.3 Å². The molecular formula is C20H32IN3O2S. The van der Waals surface area contributed by atoms with Crippen LogP contribution < -0.4 is 5.32 Å². The Kier molecular flexibility index (Phi) is 12.6. The number of hydrogen-bond donors (Lipinski definition) is 1. The Bertz CT molecular complexity index is 572. The smallest absolute Gasteiger partial charge is 0.305 e. The Morgan fingerprint density at radius 1 is 1.33 bits per heavy atom. The Morgan fingerprint density at radius 3 is 2.81 bits per heavy atom. The molecule has 0 amide bonds. The van der Waals surface area contributed by atoms with Gasteiger partial charge in [0.2, 0.25) is 0 Å². The second kappa shape index (κ2) is 14.1. The average Bonchev–Trinajstić information content (AvgIpc) is 3.12. The van der Waals surface area contributed by atoms with E-state index in [1.807, 2.05) is 18.7 Å². The number of hydrogen-bond acceptors (Lipinski definition) is 4. The van der Waals surface area contributed by atoms with Crippen LogP contribution in [0.2, 0.25) is 0 Å². The lowest BCUT2D eigenvalue weighted by atomic mass is 10.2. The molecule has 0 aliphatic carbocycles. The molecule has 27 heavy (non-hydrogen) atoms. The van der Waals surface area contributed by atoms with Crippen molar-refractivity contribution in [3.05, 3.63) is 30.3 Å². The number of rotatable bonds is 9. The molecule has 5 nitrogen and oxygen atoms in total. The molecule has 7 heteroatoms. The van der Waals surface area contributed by atoms with Crippen LogP contribution in [-0.4, -0.2) is 55.4 Å². The van der Waals surface area contributed by atoms with Crippen molar-refractivity contribution >= 4 is 47.7 Å². The summed E-state index contributed by atoms with van der Waals surface area (Å²) in [5, 5.41) is 3.39. The van der Waals surface area contributed by atoms with E-state index in [1.54, 1.807) is 0 Å². The number of benzene rings is 1. The zero-order valence-electron chi connectivity index (χ0n) is 16.4. The van der Waals surface area contributed by atoms with Crippen LogP contribution >= 0.6 is 35.7 Å². The van der Waals surface area contributed by atoms with Crippen molar-refractivity contribution in [3.63, 3.8) is 0 Å². The molecule has 1 unspecified atom stereocenters. The molecule has 1 N–H and O–H groups in total. The Balaban J connectivity index is 0.00000364. The van der Waals surface area contributed by atoms with Gasteiger partial charge in [-0.1, -0.05) is 18.2 Å². The number of halogens is 1. The third-order valence-corrected chi connectivity index (χ3v) is 5.50. The Labute approximate surface area is 184 Å². The van der Waals surface area contributed by atoms with Crippen molar-refractivity contribution in [1.82, 2.24) is 10.2 Å². The first-order valence-electron chi connectivity index (χ1n) is 9.59. The molecule has 2 rings (SSSR count). The highest BCUT2D eigenvalue weighted by atomic mass is 127. The predicted octanol–water partition coefficient (Wildman–Crippen LogP) is 4.03. The largest absolute Gasteiger partial charge is 0.466 e. The van der Waals surface area contributed by atoms with Crippen molar-refractivity contribution in [2.45, 2.75) is 38.0 Å². The van der Waals surface area contributed by atoms with Crippen molar-refractivity contribution in [1.29, 1.82) is 0 Å². The molecule has 1 aliphatic rings. The molecule has 1 atom stereocenters. The summed E-state index contributed by atoms with van der Waals surface area (Å²) in [5.74, 6) is 2.67. The van der Waals surface area contributed by atoms with E-state index >= 15 is 0 Å².